The predicted molar refractivity (Wildman–Crippen MR) is 56.1 cm³/mol. The van der Waals surface area contributed by atoms with Crippen LogP contribution < -0.4 is 0 Å². The number of ether oxygens (including phenoxy) is 2. The molecular formula is C11H18O4. The first kappa shape index (κ1) is 13.7. The van der Waals surface area contributed by atoms with Gasteiger partial charge in [0.05, 0.1) is 25.6 Å². The zero-order valence-electron chi connectivity index (χ0n) is 9.65. The van der Waals surface area contributed by atoms with E-state index in [2.05, 4.69) is 4.74 Å². The molecule has 15 heavy (non-hydrogen) atoms. The van der Waals surface area contributed by atoms with Gasteiger partial charge in [0.1, 0.15) is 0 Å². The summed E-state index contributed by atoms with van der Waals surface area (Å²) in [5.41, 5.74) is 0. The van der Waals surface area contributed by atoms with Crippen molar-refractivity contribution in [3.8, 4) is 0 Å². The highest BCUT2D eigenvalue weighted by Crippen LogP contribution is 2.06. The van der Waals surface area contributed by atoms with Gasteiger partial charge in [-0.05, 0) is 20.8 Å². The van der Waals surface area contributed by atoms with E-state index in [1.165, 1.54) is 7.11 Å². The van der Waals surface area contributed by atoms with E-state index in [-0.39, 0.29) is 23.8 Å². The lowest BCUT2D eigenvalue weighted by Crippen LogP contribution is -2.14. The molecule has 86 valence electrons. The van der Waals surface area contributed by atoms with Gasteiger partial charge < -0.3 is 9.47 Å². The number of hydrogen-bond acceptors (Lipinski definition) is 4. The normalized spacial score (nSPS) is 14.7. The van der Waals surface area contributed by atoms with Gasteiger partial charge in [0.15, 0.2) is 0 Å². The second-order valence-electron chi connectivity index (χ2n) is 3.24. The molecule has 0 aliphatic heterocycles. The van der Waals surface area contributed by atoms with Crippen LogP contribution in [0.25, 0.3) is 0 Å². The number of carbonyl (C=O) groups excluding carboxylic acids is 2. The summed E-state index contributed by atoms with van der Waals surface area (Å²) >= 11 is 0. The largest absolute Gasteiger partial charge is 0.469 e. The Morgan fingerprint density at radius 1 is 1.13 bits per heavy atom. The van der Waals surface area contributed by atoms with E-state index in [1.54, 1.807) is 32.9 Å². The molecule has 0 saturated carbocycles. The van der Waals surface area contributed by atoms with Gasteiger partial charge in [0.2, 0.25) is 0 Å². The summed E-state index contributed by atoms with van der Waals surface area (Å²) in [5, 5.41) is 0. The second-order valence-corrected chi connectivity index (χ2v) is 3.24. The summed E-state index contributed by atoms with van der Waals surface area (Å²) in [5.74, 6) is -1.28. The first-order chi connectivity index (χ1) is 7.02. The van der Waals surface area contributed by atoms with Crippen LogP contribution >= 0.6 is 0 Å². The average molecular weight is 214 g/mol. The molecule has 0 aromatic carbocycles. The van der Waals surface area contributed by atoms with E-state index in [1.807, 2.05) is 0 Å². The van der Waals surface area contributed by atoms with Crippen LogP contribution in [0.15, 0.2) is 12.2 Å². The maximum atomic E-state index is 11.2. The average Bonchev–Trinajstić information content (AvgIpc) is 2.24. The summed E-state index contributed by atoms with van der Waals surface area (Å²) in [6.45, 7) is 5.55. The highest BCUT2D eigenvalue weighted by atomic mass is 16.5. The fourth-order valence-corrected chi connectivity index (χ4v) is 0.950. The van der Waals surface area contributed by atoms with Gasteiger partial charge in [-0.1, -0.05) is 12.2 Å². The van der Waals surface area contributed by atoms with Gasteiger partial charge in [-0.25, -0.2) is 0 Å². The fourth-order valence-electron chi connectivity index (χ4n) is 0.950. The van der Waals surface area contributed by atoms with E-state index in [0.29, 0.717) is 6.61 Å². The molecule has 2 unspecified atom stereocenters. The third-order valence-electron chi connectivity index (χ3n) is 1.92. The van der Waals surface area contributed by atoms with Crippen molar-refractivity contribution in [2.75, 3.05) is 13.7 Å². The lowest BCUT2D eigenvalue weighted by molar-refractivity contribution is -0.146. The van der Waals surface area contributed by atoms with Crippen LogP contribution in [0.1, 0.15) is 20.8 Å². The fraction of sp³-hybridized carbons (Fsp3) is 0.636. The van der Waals surface area contributed by atoms with Crippen LogP contribution in [0.2, 0.25) is 0 Å². The summed E-state index contributed by atoms with van der Waals surface area (Å²) < 4.78 is 9.36. The van der Waals surface area contributed by atoms with E-state index in [0.717, 1.165) is 0 Å². The number of rotatable bonds is 5. The van der Waals surface area contributed by atoms with Crippen molar-refractivity contribution in [2.24, 2.45) is 11.8 Å². The summed E-state index contributed by atoms with van der Waals surface area (Å²) in [4.78, 5) is 22.2. The standard InChI is InChI=1S/C11H18O4/c1-5-15-11(13)9(3)7-6-8(2)10(12)14-4/h6-9H,5H2,1-4H3/b7-6+. The minimum atomic E-state index is -0.341. The van der Waals surface area contributed by atoms with Gasteiger partial charge >= 0.3 is 11.9 Å². The third kappa shape index (κ3) is 5.20. The molecule has 0 amide bonds. The van der Waals surface area contributed by atoms with E-state index in [4.69, 9.17) is 4.74 Å². The lowest BCUT2D eigenvalue weighted by Gasteiger charge is -2.07. The molecule has 0 aromatic rings. The SMILES string of the molecule is CCOC(=O)C(C)/C=C/C(C)C(=O)OC. The van der Waals surface area contributed by atoms with Crippen LogP contribution in [0.3, 0.4) is 0 Å². The molecule has 0 aromatic heterocycles. The maximum absolute atomic E-state index is 11.2. The summed E-state index contributed by atoms with van der Waals surface area (Å²) in [6, 6.07) is 0. The van der Waals surface area contributed by atoms with Crippen LogP contribution in [0, 0.1) is 11.8 Å². The Bertz CT molecular complexity index is 245. The first-order valence-electron chi connectivity index (χ1n) is 4.95. The third-order valence-corrected chi connectivity index (χ3v) is 1.92. The van der Waals surface area contributed by atoms with Gasteiger partial charge in [-0.2, -0.15) is 0 Å². The van der Waals surface area contributed by atoms with Crippen molar-refractivity contribution < 1.29 is 19.1 Å². The molecule has 0 rings (SSSR count). The molecule has 4 nitrogen and oxygen atoms in total. The highest BCUT2D eigenvalue weighted by molar-refractivity contribution is 5.76. The van der Waals surface area contributed by atoms with E-state index < -0.39 is 0 Å². The number of esters is 2. The van der Waals surface area contributed by atoms with Crippen LogP contribution in [0.4, 0.5) is 0 Å². The first-order valence-corrected chi connectivity index (χ1v) is 4.95. The van der Waals surface area contributed by atoms with Crippen LogP contribution in [-0.4, -0.2) is 25.7 Å². The molecule has 0 radical (unpaired) electrons. The molecule has 4 heteroatoms. The molecule has 0 heterocycles. The van der Waals surface area contributed by atoms with Gasteiger partial charge in [0.25, 0.3) is 0 Å². The van der Waals surface area contributed by atoms with Crippen molar-refractivity contribution in [3.63, 3.8) is 0 Å². The van der Waals surface area contributed by atoms with Gasteiger partial charge in [0, 0.05) is 0 Å². The monoisotopic (exact) mass is 214 g/mol. The van der Waals surface area contributed by atoms with Crippen molar-refractivity contribution in [3.05, 3.63) is 12.2 Å². The molecule has 0 N–H and O–H groups in total. The smallest absolute Gasteiger partial charge is 0.312 e. The summed E-state index contributed by atoms with van der Waals surface area (Å²) in [6.07, 6.45) is 3.30. The molecular weight excluding hydrogens is 196 g/mol. The molecule has 0 aliphatic carbocycles. The Labute approximate surface area is 90.2 Å². The topological polar surface area (TPSA) is 52.6 Å². The Morgan fingerprint density at radius 2 is 1.60 bits per heavy atom. The second kappa shape index (κ2) is 7.04. The predicted octanol–water partition coefficient (Wildman–Crippen LogP) is 1.55. The summed E-state index contributed by atoms with van der Waals surface area (Å²) in [7, 11) is 1.33. The Hall–Kier alpha value is -1.32. The minimum Gasteiger partial charge on any atom is -0.469 e. The highest BCUT2D eigenvalue weighted by Gasteiger charge is 2.13. The minimum absolute atomic E-state index is 0.286. The van der Waals surface area contributed by atoms with Crippen molar-refractivity contribution in [1.82, 2.24) is 0 Å². The molecule has 0 spiro atoms. The van der Waals surface area contributed by atoms with Crippen molar-refractivity contribution in [2.45, 2.75) is 20.8 Å². The zero-order chi connectivity index (χ0) is 11.8. The van der Waals surface area contributed by atoms with Gasteiger partial charge in [-0.3, -0.25) is 9.59 Å². The van der Waals surface area contributed by atoms with Crippen LogP contribution in [0.5, 0.6) is 0 Å². The number of carbonyl (C=O) groups is 2. The number of hydrogen-bond donors (Lipinski definition) is 0. The molecule has 0 bridgehead atoms. The van der Waals surface area contributed by atoms with Gasteiger partial charge in [-0.15, -0.1) is 0 Å². The Morgan fingerprint density at radius 3 is 2.00 bits per heavy atom. The number of methoxy groups -OCH3 is 1. The molecule has 0 fully saturated rings. The van der Waals surface area contributed by atoms with Crippen molar-refractivity contribution in [1.29, 1.82) is 0 Å². The maximum Gasteiger partial charge on any atom is 0.312 e. The van der Waals surface area contributed by atoms with E-state index >= 15 is 0 Å². The van der Waals surface area contributed by atoms with E-state index in [9.17, 15) is 9.59 Å². The molecule has 0 saturated heterocycles. The molecule has 2 atom stereocenters. The molecule has 0 aliphatic rings. The zero-order valence-corrected chi connectivity index (χ0v) is 9.65. The lowest BCUT2D eigenvalue weighted by atomic mass is 10.1. The van der Waals surface area contributed by atoms with Crippen molar-refractivity contribution >= 4 is 11.9 Å². The Balaban J connectivity index is 4.15. The quantitative estimate of drug-likeness (QED) is 0.514. The Kier molecular flexibility index (Phi) is 6.42. The van der Waals surface area contributed by atoms with Crippen LogP contribution in [-0.2, 0) is 19.1 Å².